The number of terminal acetylenes is 1. The highest BCUT2D eigenvalue weighted by Crippen LogP contribution is 2.60. The van der Waals surface area contributed by atoms with Crippen molar-refractivity contribution >= 4 is 17.5 Å². The van der Waals surface area contributed by atoms with Crippen molar-refractivity contribution in [2.75, 3.05) is 6.54 Å². The molecular formula is C14H10N2O4. The minimum Gasteiger partial charge on any atom is -0.274 e. The van der Waals surface area contributed by atoms with Gasteiger partial charge < -0.3 is 0 Å². The minimum absolute atomic E-state index is 0.0249. The zero-order valence-corrected chi connectivity index (χ0v) is 10.4. The van der Waals surface area contributed by atoms with Crippen LogP contribution in [0.4, 0.5) is 5.69 Å². The molecule has 2 fully saturated rings. The maximum Gasteiger partial charge on any atom is 0.269 e. The molecule has 100 valence electrons. The Balaban J connectivity index is 1.96. The summed E-state index contributed by atoms with van der Waals surface area (Å²) in [4.78, 5) is 35.6. The highest BCUT2D eigenvalue weighted by atomic mass is 16.6. The van der Waals surface area contributed by atoms with E-state index in [0.717, 1.165) is 4.90 Å². The smallest absolute Gasteiger partial charge is 0.269 e. The van der Waals surface area contributed by atoms with Crippen LogP contribution >= 0.6 is 0 Å². The number of nitro benzene ring substituents is 1. The van der Waals surface area contributed by atoms with Crippen LogP contribution < -0.4 is 0 Å². The number of rotatable bonds is 3. The Morgan fingerprint density at radius 1 is 1.40 bits per heavy atom. The number of carbonyl (C=O) groups excluding carboxylic acids is 2. The van der Waals surface area contributed by atoms with Crippen LogP contribution in [0.3, 0.4) is 0 Å². The van der Waals surface area contributed by atoms with Crippen molar-refractivity contribution in [3.8, 4) is 12.3 Å². The van der Waals surface area contributed by atoms with Gasteiger partial charge >= 0.3 is 0 Å². The number of fused-ring (bicyclic) bond motifs is 1. The highest BCUT2D eigenvalue weighted by molar-refractivity contribution is 6.15. The number of carbonyl (C=O) groups is 2. The van der Waals surface area contributed by atoms with E-state index in [9.17, 15) is 19.7 Å². The van der Waals surface area contributed by atoms with Crippen molar-refractivity contribution in [1.29, 1.82) is 0 Å². The molecule has 1 aliphatic heterocycles. The summed E-state index contributed by atoms with van der Waals surface area (Å²) < 4.78 is 0. The summed E-state index contributed by atoms with van der Waals surface area (Å²) in [6.07, 6.45) is 5.62. The number of amides is 2. The van der Waals surface area contributed by atoms with Gasteiger partial charge in [0.25, 0.3) is 5.69 Å². The number of imide groups is 1. The molecule has 0 spiro atoms. The third kappa shape index (κ3) is 1.40. The normalized spacial score (nSPS) is 27.1. The molecule has 1 heterocycles. The molecule has 1 aromatic carbocycles. The molecule has 0 aromatic heterocycles. The molecule has 3 rings (SSSR count). The molecule has 1 saturated heterocycles. The van der Waals surface area contributed by atoms with Gasteiger partial charge in [-0.15, -0.1) is 6.42 Å². The second kappa shape index (κ2) is 3.90. The molecule has 2 aliphatic rings. The average molecular weight is 270 g/mol. The van der Waals surface area contributed by atoms with Crippen molar-refractivity contribution in [3.05, 3.63) is 39.9 Å². The lowest BCUT2D eigenvalue weighted by Crippen LogP contribution is -2.36. The predicted octanol–water partition coefficient (Wildman–Crippen LogP) is 0.854. The third-order valence-electron chi connectivity index (χ3n) is 3.99. The minimum atomic E-state index is -0.844. The van der Waals surface area contributed by atoms with E-state index in [-0.39, 0.29) is 30.0 Å². The van der Waals surface area contributed by atoms with Gasteiger partial charge in [0.1, 0.15) is 0 Å². The Hall–Kier alpha value is -2.68. The molecule has 2 atom stereocenters. The van der Waals surface area contributed by atoms with Crippen molar-refractivity contribution in [1.82, 2.24) is 4.90 Å². The van der Waals surface area contributed by atoms with E-state index in [0.29, 0.717) is 12.0 Å². The van der Waals surface area contributed by atoms with Gasteiger partial charge in [-0.3, -0.25) is 24.6 Å². The number of piperidine rings is 1. The Kier molecular flexibility index (Phi) is 2.41. The van der Waals surface area contributed by atoms with Crippen LogP contribution in [-0.2, 0) is 15.0 Å². The topological polar surface area (TPSA) is 80.5 Å². The van der Waals surface area contributed by atoms with Crippen molar-refractivity contribution < 1.29 is 14.5 Å². The molecule has 1 aromatic rings. The first kappa shape index (κ1) is 12.4. The molecule has 1 aliphatic carbocycles. The number of hydrogen-bond acceptors (Lipinski definition) is 4. The SMILES string of the molecule is C#CCN1C(=O)C2CC2(c2ccc([N+](=O)[O-])cc2)C1=O. The Bertz CT molecular complexity index is 673. The largest absolute Gasteiger partial charge is 0.274 e. The van der Waals surface area contributed by atoms with Crippen molar-refractivity contribution in [2.24, 2.45) is 5.92 Å². The monoisotopic (exact) mass is 270 g/mol. The summed E-state index contributed by atoms with van der Waals surface area (Å²) in [6, 6.07) is 5.79. The summed E-state index contributed by atoms with van der Waals surface area (Å²) in [7, 11) is 0. The Labute approximate surface area is 114 Å². The van der Waals surface area contributed by atoms with Crippen LogP contribution in [0.15, 0.2) is 24.3 Å². The molecule has 6 nitrogen and oxygen atoms in total. The Morgan fingerprint density at radius 3 is 2.60 bits per heavy atom. The molecule has 2 amide bonds. The van der Waals surface area contributed by atoms with E-state index in [2.05, 4.69) is 5.92 Å². The zero-order chi connectivity index (χ0) is 14.5. The molecular weight excluding hydrogens is 260 g/mol. The van der Waals surface area contributed by atoms with Gasteiger partial charge in [-0.2, -0.15) is 0 Å². The van der Waals surface area contributed by atoms with E-state index in [4.69, 9.17) is 6.42 Å². The molecule has 6 heteroatoms. The number of nitro groups is 1. The van der Waals surface area contributed by atoms with Crippen LogP contribution in [0.5, 0.6) is 0 Å². The third-order valence-corrected chi connectivity index (χ3v) is 3.99. The standard InChI is InChI=1S/C14H10N2O4/c1-2-7-15-12(17)11-8-14(11,13(15)18)9-3-5-10(6-4-9)16(19)20/h1,3-6,11H,7-8H2. The fraction of sp³-hybridized carbons (Fsp3) is 0.286. The van der Waals surface area contributed by atoms with Crippen LogP contribution in [0.25, 0.3) is 0 Å². The van der Waals surface area contributed by atoms with Gasteiger partial charge in [0.05, 0.1) is 22.8 Å². The van der Waals surface area contributed by atoms with Crippen LogP contribution in [-0.4, -0.2) is 28.2 Å². The summed E-state index contributed by atoms with van der Waals surface area (Å²) in [5.74, 6) is 1.39. The van der Waals surface area contributed by atoms with E-state index in [1.165, 1.54) is 12.1 Å². The lowest BCUT2D eigenvalue weighted by atomic mass is 9.94. The quantitative estimate of drug-likeness (QED) is 0.353. The fourth-order valence-corrected chi connectivity index (χ4v) is 2.89. The molecule has 20 heavy (non-hydrogen) atoms. The number of likely N-dealkylation sites (tertiary alicyclic amines) is 1. The summed E-state index contributed by atoms with van der Waals surface area (Å²) >= 11 is 0. The lowest BCUT2D eigenvalue weighted by Gasteiger charge is -2.17. The lowest BCUT2D eigenvalue weighted by molar-refractivity contribution is -0.384. The Morgan fingerprint density at radius 2 is 2.05 bits per heavy atom. The van der Waals surface area contributed by atoms with Crippen LogP contribution in [0.1, 0.15) is 12.0 Å². The van der Waals surface area contributed by atoms with Gasteiger partial charge in [-0.1, -0.05) is 18.1 Å². The maximum absolute atomic E-state index is 12.4. The van der Waals surface area contributed by atoms with Gasteiger partial charge in [0.2, 0.25) is 11.8 Å². The first-order chi connectivity index (χ1) is 9.52. The van der Waals surface area contributed by atoms with Gasteiger partial charge in [-0.25, -0.2) is 0 Å². The highest BCUT2D eigenvalue weighted by Gasteiger charge is 2.72. The summed E-state index contributed by atoms with van der Waals surface area (Å²) in [6.45, 7) is -0.0249. The second-order valence-electron chi connectivity index (χ2n) is 4.97. The fourth-order valence-electron chi connectivity index (χ4n) is 2.89. The molecule has 0 N–H and O–H groups in total. The molecule has 0 radical (unpaired) electrons. The van der Waals surface area contributed by atoms with Crippen LogP contribution in [0.2, 0.25) is 0 Å². The number of non-ortho nitro benzene ring substituents is 1. The van der Waals surface area contributed by atoms with Crippen LogP contribution in [0, 0.1) is 28.4 Å². The first-order valence-electron chi connectivity index (χ1n) is 6.06. The first-order valence-corrected chi connectivity index (χ1v) is 6.06. The summed E-state index contributed by atoms with van der Waals surface area (Å²) in [5, 5.41) is 10.6. The molecule has 2 unspecified atom stereocenters. The number of nitrogens with zero attached hydrogens (tertiary/aromatic N) is 2. The number of benzene rings is 1. The number of hydrogen-bond donors (Lipinski definition) is 0. The average Bonchev–Trinajstić information content (AvgIpc) is 3.16. The molecule has 1 saturated carbocycles. The second-order valence-corrected chi connectivity index (χ2v) is 4.97. The zero-order valence-electron chi connectivity index (χ0n) is 10.4. The maximum atomic E-state index is 12.4. The van der Waals surface area contributed by atoms with Crippen molar-refractivity contribution in [3.63, 3.8) is 0 Å². The van der Waals surface area contributed by atoms with Gasteiger partial charge in [-0.05, 0) is 12.0 Å². The summed E-state index contributed by atoms with van der Waals surface area (Å²) in [5.41, 5.74) is -0.242. The van der Waals surface area contributed by atoms with Gasteiger partial charge in [0, 0.05) is 12.1 Å². The van der Waals surface area contributed by atoms with E-state index >= 15 is 0 Å². The van der Waals surface area contributed by atoms with E-state index in [1.807, 2.05) is 0 Å². The van der Waals surface area contributed by atoms with Crippen molar-refractivity contribution in [2.45, 2.75) is 11.8 Å². The van der Waals surface area contributed by atoms with E-state index < -0.39 is 10.3 Å². The predicted molar refractivity (Wildman–Crippen MR) is 68.4 cm³/mol. The molecule has 0 bridgehead atoms. The van der Waals surface area contributed by atoms with E-state index in [1.54, 1.807) is 12.1 Å². The van der Waals surface area contributed by atoms with Gasteiger partial charge in [0.15, 0.2) is 0 Å².